The number of rotatable bonds is 7. The van der Waals surface area contributed by atoms with Gasteiger partial charge in [0.2, 0.25) is 0 Å². The van der Waals surface area contributed by atoms with Crippen LogP contribution in [0.4, 0.5) is 0 Å². The van der Waals surface area contributed by atoms with Crippen LogP contribution in [0.5, 0.6) is 0 Å². The van der Waals surface area contributed by atoms with E-state index in [1.165, 1.54) is 4.88 Å². The number of halogens is 1. The molecule has 3 nitrogen and oxygen atoms in total. The number of thiophene rings is 1. The molecule has 5 heteroatoms. The number of imidazole rings is 1. The van der Waals surface area contributed by atoms with Gasteiger partial charge in [0, 0.05) is 46.1 Å². The number of aryl methyl sites for hydroxylation is 1. The Morgan fingerprint density at radius 1 is 1.47 bits per heavy atom. The molecule has 0 bridgehead atoms. The molecular formula is C14H20BrN3S. The molecule has 0 saturated carbocycles. The Morgan fingerprint density at radius 3 is 2.95 bits per heavy atom. The first-order valence-electron chi connectivity index (χ1n) is 6.71. The van der Waals surface area contributed by atoms with Crippen LogP contribution in [-0.2, 0) is 13.0 Å². The molecule has 0 aliphatic heterocycles. The molecule has 1 N–H and O–H groups in total. The van der Waals surface area contributed by atoms with Crippen molar-refractivity contribution in [3.8, 4) is 0 Å². The third kappa shape index (κ3) is 3.91. The molecule has 0 amide bonds. The zero-order valence-corrected chi connectivity index (χ0v) is 13.8. The lowest BCUT2D eigenvalue weighted by Gasteiger charge is -2.17. The molecule has 19 heavy (non-hydrogen) atoms. The van der Waals surface area contributed by atoms with Crippen molar-refractivity contribution in [1.82, 2.24) is 14.9 Å². The molecule has 1 unspecified atom stereocenters. The van der Waals surface area contributed by atoms with Crippen LogP contribution < -0.4 is 5.32 Å². The summed E-state index contributed by atoms with van der Waals surface area (Å²) in [6.45, 7) is 6.36. The summed E-state index contributed by atoms with van der Waals surface area (Å²) in [5, 5.41) is 5.77. The lowest BCUT2D eigenvalue weighted by molar-refractivity contribution is 0.513. The molecule has 2 aromatic rings. The summed E-state index contributed by atoms with van der Waals surface area (Å²) in [6, 6.07) is 2.56. The van der Waals surface area contributed by atoms with E-state index in [0.29, 0.717) is 6.04 Å². The highest BCUT2D eigenvalue weighted by atomic mass is 79.9. The summed E-state index contributed by atoms with van der Waals surface area (Å²) >= 11 is 5.33. The van der Waals surface area contributed by atoms with Gasteiger partial charge in [-0.25, -0.2) is 4.98 Å². The van der Waals surface area contributed by atoms with E-state index in [4.69, 9.17) is 0 Å². The second-order valence-corrected chi connectivity index (χ2v) is 6.37. The Kier molecular flexibility index (Phi) is 5.60. The molecular weight excluding hydrogens is 322 g/mol. The topological polar surface area (TPSA) is 29.9 Å². The molecule has 0 aliphatic carbocycles. The molecule has 0 aromatic carbocycles. The summed E-state index contributed by atoms with van der Waals surface area (Å²) in [7, 11) is 0. The second-order valence-electron chi connectivity index (χ2n) is 4.51. The van der Waals surface area contributed by atoms with Crippen LogP contribution in [0.15, 0.2) is 28.3 Å². The minimum Gasteiger partial charge on any atom is -0.335 e. The Balaban J connectivity index is 2.14. The number of nitrogens with zero attached hydrogens (tertiary/aromatic N) is 2. The quantitative estimate of drug-likeness (QED) is 0.824. The monoisotopic (exact) mass is 341 g/mol. The second kappa shape index (κ2) is 7.22. The van der Waals surface area contributed by atoms with Crippen LogP contribution in [0.2, 0.25) is 0 Å². The molecule has 2 heterocycles. The molecule has 0 spiro atoms. The van der Waals surface area contributed by atoms with Gasteiger partial charge in [0.25, 0.3) is 0 Å². The number of nitrogens with one attached hydrogen (secondary N) is 1. The average Bonchev–Trinajstić information content (AvgIpc) is 3.02. The minimum atomic E-state index is 0.351. The van der Waals surface area contributed by atoms with Crippen LogP contribution in [0.1, 0.15) is 37.0 Å². The minimum absolute atomic E-state index is 0.351. The van der Waals surface area contributed by atoms with E-state index < -0.39 is 0 Å². The highest BCUT2D eigenvalue weighted by Crippen LogP contribution is 2.27. The van der Waals surface area contributed by atoms with Gasteiger partial charge in [0.05, 0.1) is 0 Å². The van der Waals surface area contributed by atoms with E-state index in [0.717, 1.165) is 36.2 Å². The Labute approximate surface area is 127 Å². The first-order chi connectivity index (χ1) is 9.24. The maximum Gasteiger partial charge on any atom is 0.110 e. The molecule has 2 aromatic heterocycles. The van der Waals surface area contributed by atoms with E-state index >= 15 is 0 Å². The fourth-order valence-corrected chi connectivity index (χ4v) is 3.62. The zero-order chi connectivity index (χ0) is 13.7. The molecule has 0 saturated heterocycles. The van der Waals surface area contributed by atoms with Gasteiger partial charge in [-0.05, 0) is 41.9 Å². The maximum absolute atomic E-state index is 4.48. The fraction of sp³-hybridized carbons (Fsp3) is 0.500. The summed E-state index contributed by atoms with van der Waals surface area (Å²) in [4.78, 5) is 5.85. The van der Waals surface area contributed by atoms with Gasteiger partial charge in [0.1, 0.15) is 5.82 Å². The Bertz CT molecular complexity index is 506. The smallest absolute Gasteiger partial charge is 0.110 e. The molecule has 1 atom stereocenters. The van der Waals surface area contributed by atoms with Gasteiger partial charge in [-0.2, -0.15) is 0 Å². The van der Waals surface area contributed by atoms with E-state index in [1.807, 2.05) is 6.20 Å². The number of hydrogen-bond donors (Lipinski definition) is 1. The van der Waals surface area contributed by atoms with E-state index in [9.17, 15) is 0 Å². The molecule has 2 rings (SSSR count). The van der Waals surface area contributed by atoms with Crippen LogP contribution in [0.25, 0.3) is 0 Å². The van der Waals surface area contributed by atoms with Crippen molar-refractivity contribution < 1.29 is 0 Å². The van der Waals surface area contributed by atoms with Gasteiger partial charge in [-0.15, -0.1) is 11.3 Å². The number of hydrogen-bond acceptors (Lipinski definition) is 3. The van der Waals surface area contributed by atoms with Crippen molar-refractivity contribution in [1.29, 1.82) is 0 Å². The first kappa shape index (κ1) is 14.8. The Hall–Kier alpha value is -0.650. The van der Waals surface area contributed by atoms with Gasteiger partial charge in [0.15, 0.2) is 0 Å². The molecule has 0 fully saturated rings. The summed E-state index contributed by atoms with van der Waals surface area (Å²) in [6.07, 6.45) is 6.02. The summed E-state index contributed by atoms with van der Waals surface area (Å²) in [5.41, 5.74) is 0. The molecule has 0 radical (unpaired) electrons. The standard InChI is InChI=1S/C14H20BrN3S/c1-3-5-16-12(13-8-11(15)10-19-13)9-14-17-6-7-18(14)4-2/h6-8,10,12,16H,3-5,9H2,1-2H3. The van der Waals surface area contributed by atoms with Crippen LogP contribution >= 0.6 is 27.3 Å². The molecule has 0 aliphatic rings. The van der Waals surface area contributed by atoms with E-state index in [2.05, 4.69) is 62.3 Å². The maximum atomic E-state index is 4.48. The van der Waals surface area contributed by atoms with Crippen molar-refractivity contribution in [3.63, 3.8) is 0 Å². The van der Waals surface area contributed by atoms with Crippen molar-refractivity contribution in [2.75, 3.05) is 6.54 Å². The van der Waals surface area contributed by atoms with Crippen molar-refractivity contribution >= 4 is 27.3 Å². The van der Waals surface area contributed by atoms with E-state index in [-0.39, 0.29) is 0 Å². The lowest BCUT2D eigenvalue weighted by Crippen LogP contribution is -2.24. The Morgan fingerprint density at radius 2 is 2.32 bits per heavy atom. The first-order valence-corrected chi connectivity index (χ1v) is 8.39. The third-order valence-electron chi connectivity index (χ3n) is 3.10. The SMILES string of the molecule is CCCNC(Cc1nccn1CC)c1cc(Br)cs1. The summed E-state index contributed by atoms with van der Waals surface area (Å²) < 4.78 is 3.37. The third-order valence-corrected chi connectivity index (χ3v) is 4.91. The van der Waals surface area contributed by atoms with Crippen molar-refractivity contribution in [2.24, 2.45) is 0 Å². The largest absolute Gasteiger partial charge is 0.335 e. The summed E-state index contributed by atoms with van der Waals surface area (Å²) in [5.74, 6) is 1.15. The fourth-order valence-electron chi connectivity index (χ4n) is 2.10. The van der Waals surface area contributed by atoms with Crippen LogP contribution in [-0.4, -0.2) is 16.1 Å². The highest BCUT2D eigenvalue weighted by Gasteiger charge is 2.16. The highest BCUT2D eigenvalue weighted by molar-refractivity contribution is 9.10. The van der Waals surface area contributed by atoms with Gasteiger partial charge < -0.3 is 9.88 Å². The van der Waals surface area contributed by atoms with Crippen LogP contribution in [0.3, 0.4) is 0 Å². The predicted octanol–water partition coefficient (Wildman–Crippen LogP) is 4.01. The van der Waals surface area contributed by atoms with E-state index in [1.54, 1.807) is 11.3 Å². The van der Waals surface area contributed by atoms with Gasteiger partial charge in [-0.3, -0.25) is 0 Å². The predicted molar refractivity (Wildman–Crippen MR) is 84.7 cm³/mol. The lowest BCUT2D eigenvalue weighted by atomic mass is 10.1. The number of aromatic nitrogens is 2. The zero-order valence-electron chi connectivity index (χ0n) is 11.4. The van der Waals surface area contributed by atoms with Gasteiger partial charge in [-0.1, -0.05) is 6.92 Å². The van der Waals surface area contributed by atoms with Crippen molar-refractivity contribution in [3.05, 3.63) is 39.0 Å². The average molecular weight is 342 g/mol. The van der Waals surface area contributed by atoms with Crippen LogP contribution in [0, 0.1) is 0 Å². The van der Waals surface area contributed by atoms with Gasteiger partial charge >= 0.3 is 0 Å². The van der Waals surface area contributed by atoms with Crippen molar-refractivity contribution in [2.45, 2.75) is 39.3 Å². The molecule has 104 valence electrons. The normalized spacial score (nSPS) is 12.8.